The van der Waals surface area contributed by atoms with Crippen LogP contribution in [0.15, 0.2) is 0 Å². The van der Waals surface area contributed by atoms with Gasteiger partial charge in [-0.25, -0.2) is 22.6 Å². The summed E-state index contributed by atoms with van der Waals surface area (Å²) in [5, 5.41) is 0. The van der Waals surface area contributed by atoms with Crippen LogP contribution in [0.1, 0.15) is 0 Å². The first-order chi connectivity index (χ1) is 9.12. The summed E-state index contributed by atoms with van der Waals surface area (Å²) in [5.74, 6) is 0. The first kappa shape index (κ1) is 29.4. The average Bonchev–Trinajstić information content (AvgIpc) is 1.82. The molecular formula is H8NaO17P5. The van der Waals surface area contributed by atoms with Gasteiger partial charge in [0.2, 0.25) is 0 Å². The van der Waals surface area contributed by atoms with Crippen LogP contribution in [-0.2, 0) is 35.8 Å². The van der Waals surface area contributed by atoms with Crippen LogP contribution in [0.5, 0.6) is 0 Å². The summed E-state index contributed by atoms with van der Waals surface area (Å²) in [7, 11) is -26.6. The van der Waals surface area contributed by atoms with Gasteiger partial charge >= 0.3 is 60.8 Å². The molecule has 0 fully saturated rings. The van der Waals surface area contributed by atoms with Gasteiger partial charge in [-0.1, -0.05) is 0 Å². The van der Waals surface area contributed by atoms with Crippen LogP contribution in [0.3, 0.4) is 0 Å². The Morgan fingerprint density at radius 1 is 0.565 bits per heavy atom. The standard InChI is InChI=1S/Na.H5O10P3.H4O7P2/c;1-11(2,3)9-13(7,8)10-12(4,5)6;1-8(2,3)7-9(4,5)6/h;(H,7,8)(H2,1,2,3)(H2,4,5,6);(H2,1,2,3)(H2,4,5,6)/q+1;;/p-1. The molecule has 0 aromatic carbocycles. The molecule has 0 aliphatic carbocycles. The summed E-state index contributed by atoms with van der Waals surface area (Å²) < 4.78 is 58.3. The van der Waals surface area contributed by atoms with Crippen LogP contribution in [0.2, 0.25) is 0 Å². The summed E-state index contributed by atoms with van der Waals surface area (Å²) in [6.07, 6.45) is 0. The van der Waals surface area contributed by atoms with E-state index >= 15 is 0 Å². The van der Waals surface area contributed by atoms with Crippen molar-refractivity contribution >= 4 is 39.1 Å². The molecule has 0 aliphatic rings. The van der Waals surface area contributed by atoms with Crippen molar-refractivity contribution in [3.63, 3.8) is 0 Å². The molecule has 0 aliphatic heterocycles. The molecule has 0 rings (SSSR count). The minimum Gasteiger partial charge on any atom is -0.756 e. The zero-order valence-corrected chi connectivity index (χ0v) is 17.0. The molecule has 0 bridgehead atoms. The number of hydrogen-bond acceptors (Lipinski definition) is 9. The van der Waals surface area contributed by atoms with E-state index in [2.05, 4.69) is 12.9 Å². The van der Waals surface area contributed by atoms with Gasteiger partial charge in [0.05, 0.1) is 0 Å². The molecule has 0 spiro atoms. The van der Waals surface area contributed by atoms with Gasteiger partial charge in [0.1, 0.15) is 0 Å². The van der Waals surface area contributed by atoms with E-state index in [-0.39, 0.29) is 29.6 Å². The molecule has 0 heterocycles. The van der Waals surface area contributed by atoms with E-state index in [1.54, 1.807) is 0 Å². The zero-order valence-electron chi connectivity index (χ0n) is 10.5. The molecule has 0 saturated heterocycles. The van der Waals surface area contributed by atoms with E-state index in [1.165, 1.54) is 0 Å². The summed E-state index contributed by atoms with van der Waals surface area (Å²) in [4.78, 5) is 72.9. The van der Waals surface area contributed by atoms with Crippen LogP contribution in [0.4, 0.5) is 0 Å². The van der Waals surface area contributed by atoms with Crippen molar-refractivity contribution < 1.29 is 109 Å². The second-order valence-corrected chi connectivity index (χ2v) is 9.43. The molecule has 136 valence electrons. The van der Waals surface area contributed by atoms with Crippen molar-refractivity contribution in [2.24, 2.45) is 0 Å². The summed E-state index contributed by atoms with van der Waals surface area (Å²) in [6, 6.07) is 0. The molecule has 23 heavy (non-hydrogen) atoms. The Balaban J connectivity index is -0.000000354. The third-order valence-corrected chi connectivity index (χ3v) is 5.66. The van der Waals surface area contributed by atoms with E-state index in [4.69, 9.17) is 39.1 Å². The maximum absolute atomic E-state index is 10.3. The second kappa shape index (κ2) is 10.1. The van der Waals surface area contributed by atoms with Crippen molar-refractivity contribution in [2.45, 2.75) is 0 Å². The molecule has 0 aromatic rings. The molecule has 0 radical (unpaired) electrons. The minimum absolute atomic E-state index is 0. The van der Waals surface area contributed by atoms with Gasteiger partial charge in [-0.15, -0.1) is 0 Å². The maximum Gasteiger partial charge on any atom is 1.00 e. The normalized spacial score (nSPS) is 17.8. The van der Waals surface area contributed by atoms with E-state index in [9.17, 15) is 27.7 Å². The third kappa shape index (κ3) is 28.7. The van der Waals surface area contributed by atoms with Gasteiger partial charge < -0.3 is 44.0 Å². The SMILES string of the molecule is O=P(O)(O)OP(=O)(O)O.O=P([O-])(O)OP(=O)(O)OP(=O)(O)O.[Na+]. The monoisotopic (exact) mass is 458 g/mol. The fraction of sp³-hybridized carbons (Fsp3) is 0. The first-order valence-electron chi connectivity index (χ1n) is 3.79. The zero-order chi connectivity index (χ0) is 18.6. The van der Waals surface area contributed by atoms with Crippen LogP contribution in [0, 0.1) is 0 Å². The van der Waals surface area contributed by atoms with Gasteiger partial charge in [-0.3, -0.25) is 4.57 Å². The molecule has 0 aromatic heterocycles. The minimum atomic E-state index is -5.60. The largest absolute Gasteiger partial charge is 1.00 e. The van der Waals surface area contributed by atoms with Crippen molar-refractivity contribution in [2.75, 3.05) is 0 Å². The van der Waals surface area contributed by atoms with Crippen LogP contribution < -0.4 is 34.5 Å². The molecule has 2 atom stereocenters. The third-order valence-electron chi connectivity index (χ3n) is 0.629. The summed E-state index contributed by atoms with van der Waals surface area (Å²) >= 11 is 0. The quantitative estimate of drug-likeness (QED) is 0.136. The Bertz CT molecular complexity index is 528. The average molecular weight is 458 g/mol. The topological polar surface area (TPSA) is 298 Å². The molecule has 2 unspecified atom stereocenters. The van der Waals surface area contributed by atoms with Gasteiger partial charge in [0, 0.05) is 0 Å². The van der Waals surface area contributed by atoms with E-state index < -0.39 is 39.1 Å². The second-order valence-electron chi connectivity index (χ2n) is 2.65. The van der Waals surface area contributed by atoms with Crippen molar-refractivity contribution in [1.82, 2.24) is 0 Å². The van der Waals surface area contributed by atoms with Gasteiger partial charge in [0.15, 0.2) is 0 Å². The molecule has 23 heteroatoms. The van der Waals surface area contributed by atoms with Crippen molar-refractivity contribution in [1.29, 1.82) is 0 Å². The molecule has 8 N–H and O–H groups in total. The van der Waals surface area contributed by atoms with Crippen LogP contribution in [0.25, 0.3) is 0 Å². The van der Waals surface area contributed by atoms with E-state index in [0.29, 0.717) is 0 Å². The van der Waals surface area contributed by atoms with Crippen molar-refractivity contribution in [3.05, 3.63) is 0 Å². The molecule has 0 amide bonds. The Labute approximate surface area is 148 Å². The predicted molar refractivity (Wildman–Crippen MR) is 59.0 cm³/mol. The number of hydrogen-bond donors (Lipinski definition) is 8. The Kier molecular flexibility index (Phi) is 13.0. The van der Waals surface area contributed by atoms with Gasteiger partial charge in [0.25, 0.3) is 7.82 Å². The fourth-order valence-electron chi connectivity index (χ4n) is 0.418. The Morgan fingerprint density at radius 3 is 0.957 bits per heavy atom. The Morgan fingerprint density at radius 2 is 0.826 bits per heavy atom. The van der Waals surface area contributed by atoms with Crippen LogP contribution >= 0.6 is 39.1 Å². The maximum atomic E-state index is 10.3. The van der Waals surface area contributed by atoms with Crippen molar-refractivity contribution in [3.8, 4) is 0 Å². The molecular weight excluding hydrogens is 450 g/mol. The smallest absolute Gasteiger partial charge is 0.756 e. The fourth-order valence-corrected chi connectivity index (χ4v) is 4.03. The molecule has 17 nitrogen and oxygen atoms in total. The van der Waals surface area contributed by atoms with E-state index in [0.717, 1.165) is 0 Å². The first-order valence-corrected chi connectivity index (χ1v) is 11.4. The Hall–Kier alpha value is 1.67. The number of rotatable bonds is 6. The van der Waals surface area contributed by atoms with Crippen LogP contribution in [-0.4, -0.2) is 39.1 Å². The van der Waals surface area contributed by atoms with Gasteiger partial charge in [-0.05, 0) is 0 Å². The predicted octanol–water partition coefficient (Wildman–Crippen LogP) is -5.13. The summed E-state index contributed by atoms with van der Waals surface area (Å²) in [5.41, 5.74) is 0. The number of phosphoric acid groups is 5. The summed E-state index contributed by atoms with van der Waals surface area (Å²) in [6.45, 7) is 0. The van der Waals surface area contributed by atoms with Gasteiger partial charge in [-0.2, -0.15) is 8.62 Å². The van der Waals surface area contributed by atoms with E-state index in [1.807, 2.05) is 0 Å². The molecule has 0 saturated carbocycles.